The van der Waals surface area contributed by atoms with Gasteiger partial charge in [0, 0.05) is 38.3 Å². The predicted octanol–water partition coefficient (Wildman–Crippen LogP) is 3.69. The fraction of sp³-hybridized carbons (Fsp3) is 0.440. The van der Waals surface area contributed by atoms with Crippen LogP contribution in [0.5, 0.6) is 5.75 Å². The number of rotatable bonds is 4. The molecule has 2 aromatic rings. The molecule has 10 heteroatoms. The van der Waals surface area contributed by atoms with Crippen LogP contribution < -0.4 is 20.3 Å². The van der Waals surface area contributed by atoms with Gasteiger partial charge in [-0.3, -0.25) is 4.79 Å². The van der Waals surface area contributed by atoms with Crippen molar-refractivity contribution < 1.29 is 32.6 Å². The lowest BCUT2D eigenvalue weighted by molar-refractivity contribution is -0.192. The molecule has 35 heavy (non-hydrogen) atoms. The molecule has 2 aliphatic rings. The van der Waals surface area contributed by atoms with Gasteiger partial charge < -0.3 is 25.4 Å². The van der Waals surface area contributed by atoms with Gasteiger partial charge in [-0.2, -0.15) is 13.2 Å². The molecule has 190 valence electrons. The summed E-state index contributed by atoms with van der Waals surface area (Å²) in [6.07, 6.45) is -2.45. The second-order valence-electron chi connectivity index (χ2n) is 8.91. The summed E-state index contributed by atoms with van der Waals surface area (Å²) in [5.41, 5.74) is 3.04. The number of ether oxygens (including phenoxy) is 1. The summed E-state index contributed by atoms with van der Waals surface area (Å²) >= 11 is 0. The Bertz CT molecular complexity index is 1020. The molecule has 2 aromatic carbocycles. The zero-order valence-electron chi connectivity index (χ0n) is 19.7. The molecule has 0 aromatic heterocycles. The summed E-state index contributed by atoms with van der Waals surface area (Å²) in [7, 11) is 4.05. The molecule has 1 amide bonds. The van der Waals surface area contributed by atoms with E-state index in [0.717, 1.165) is 54.9 Å². The first-order valence-corrected chi connectivity index (χ1v) is 11.3. The van der Waals surface area contributed by atoms with Crippen molar-refractivity contribution in [2.24, 2.45) is 0 Å². The molecule has 3 N–H and O–H groups in total. The van der Waals surface area contributed by atoms with Crippen molar-refractivity contribution in [3.63, 3.8) is 0 Å². The molecule has 2 aliphatic heterocycles. The molecule has 0 saturated carbocycles. The third-order valence-corrected chi connectivity index (χ3v) is 6.19. The van der Waals surface area contributed by atoms with Gasteiger partial charge in [0.1, 0.15) is 11.4 Å². The number of aliphatic carboxylic acids is 1. The Morgan fingerprint density at radius 3 is 2.29 bits per heavy atom. The van der Waals surface area contributed by atoms with Crippen LogP contribution in [0.2, 0.25) is 0 Å². The highest BCUT2D eigenvalue weighted by Crippen LogP contribution is 2.44. The van der Waals surface area contributed by atoms with Crippen LogP contribution in [0.4, 0.5) is 18.9 Å². The van der Waals surface area contributed by atoms with E-state index >= 15 is 0 Å². The lowest BCUT2D eigenvalue weighted by Crippen LogP contribution is -2.50. The van der Waals surface area contributed by atoms with Crippen molar-refractivity contribution in [1.29, 1.82) is 0 Å². The number of carbonyl (C=O) groups excluding carboxylic acids is 1. The second kappa shape index (κ2) is 11.0. The number of hydrogen-bond acceptors (Lipinski definition) is 5. The van der Waals surface area contributed by atoms with Crippen molar-refractivity contribution in [2.45, 2.75) is 43.5 Å². The number of para-hydroxylation sites is 1. The molecule has 1 saturated heterocycles. The highest BCUT2D eigenvalue weighted by atomic mass is 19.4. The maximum absolute atomic E-state index is 13.1. The average Bonchev–Trinajstić information content (AvgIpc) is 2.82. The smallest absolute Gasteiger partial charge is 0.487 e. The van der Waals surface area contributed by atoms with E-state index in [1.54, 1.807) is 0 Å². The Morgan fingerprint density at radius 2 is 1.71 bits per heavy atom. The Kier molecular flexibility index (Phi) is 8.26. The van der Waals surface area contributed by atoms with Gasteiger partial charge in [-0.1, -0.05) is 30.3 Å². The minimum Gasteiger partial charge on any atom is -0.487 e. The SMILES string of the molecule is CN(C)c1ccc(CNC(=O)C2CC3(CCNCC3)Oc3ccccc32)cc1.O=C(O)C(F)(F)F. The van der Waals surface area contributed by atoms with E-state index in [2.05, 4.69) is 39.8 Å². The number of fused-ring (bicyclic) bond motifs is 1. The number of nitrogens with one attached hydrogen (secondary N) is 2. The number of carboxylic acids is 1. The number of carboxylic acid groups (broad SMARTS) is 1. The molecular formula is C25H30F3N3O4. The van der Waals surface area contributed by atoms with Gasteiger partial charge in [0.2, 0.25) is 5.91 Å². The van der Waals surface area contributed by atoms with Crippen molar-refractivity contribution >= 4 is 17.6 Å². The number of benzene rings is 2. The summed E-state index contributed by atoms with van der Waals surface area (Å²) in [5.74, 6) is -1.96. The van der Waals surface area contributed by atoms with Crippen molar-refractivity contribution in [2.75, 3.05) is 32.1 Å². The van der Waals surface area contributed by atoms with E-state index < -0.39 is 12.1 Å². The highest BCUT2D eigenvalue weighted by Gasteiger charge is 2.44. The molecular weight excluding hydrogens is 463 g/mol. The largest absolute Gasteiger partial charge is 0.490 e. The van der Waals surface area contributed by atoms with Gasteiger partial charge in [-0.05, 0) is 49.7 Å². The van der Waals surface area contributed by atoms with Gasteiger partial charge in [-0.25, -0.2) is 4.79 Å². The fourth-order valence-electron chi connectivity index (χ4n) is 4.27. The van der Waals surface area contributed by atoms with Gasteiger partial charge in [0.15, 0.2) is 0 Å². The molecule has 0 radical (unpaired) electrons. The van der Waals surface area contributed by atoms with Crippen LogP contribution in [-0.2, 0) is 16.1 Å². The highest BCUT2D eigenvalue weighted by molar-refractivity contribution is 5.85. The Balaban J connectivity index is 0.000000429. The summed E-state index contributed by atoms with van der Waals surface area (Å²) < 4.78 is 38.2. The van der Waals surface area contributed by atoms with E-state index in [0.29, 0.717) is 6.54 Å². The number of piperidine rings is 1. The van der Waals surface area contributed by atoms with Crippen LogP contribution in [-0.4, -0.2) is 55.9 Å². The number of carbonyl (C=O) groups is 2. The number of nitrogens with zero attached hydrogens (tertiary/aromatic N) is 1. The minimum atomic E-state index is -5.08. The molecule has 1 fully saturated rings. The molecule has 0 aliphatic carbocycles. The summed E-state index contributed by atoms with van der Waals surface area (Å²) in [4.78, 5) is 24.1. The maximum Gasteiger partial charge on any atom is 0.490 e. The minimum absolute atomic E-state index is 0.0883. The lowest BCUT2D eigenvalue weighted by atomic mass is 9.77. The van der Waals surface area contributed by atoms with Crippen molar-refractivity contribution in [1.82, 2.24) is 10.6 Å². The molecule has 1 spiro atoms. The third kappa shape index (κ3) is 6.88. The first-order chi connectivity index (χ1) is 16.5. The predicted molar refractivity (Wildman–Crippen MR) is 126 cm³/mol. The zero-order chi connectivity index (χ0) is 25.6. The second-order valence-corrected chi connectivity index (χ2v) is 8.91. The van der Waals surface area contributed by atoms with Crippen LogP contribution in [0.25, 0.3) is 0 Å². The van der Waals surface area contributed by atoms with Crippen LogP contribution in [0.1, 0.15) is 36.3 Å². The number of halogens is 3. The normalized spacial score (nSPS) is 18.4. The first kappa shape index (κ1) is 26.3. The Labute approximate surface area is 202 Å². The average molecular weight is 494 g/mol. The van der Waals surface area contributed by atoms with Crippen LogP contribution in [0.15, 0.2) is 48.5 Å². The quantitative estimate of drug-likeness (QED) is 0.602. The van der Waals surface area contributed by atoms with E-state index in [9.17, 15) is 18.0 Å². The number of alkyl halides is 3. The van der Waals surface area contributed by atoms with Crippen LogP contribution in [0, 0.1) is 0 Å². The summed E-state index contributed by atoms with van der Waals surface area (Å²) in [5, 5.41) is 13.7. The summed E-state index contributed by atoms with van der Waals surface area (Å²) in [6.45, 7) is 2.42. The van der Waals surface area contributed by atoms with Crippen LogP contribution >= 0.6 is 0 Å². The third-order valence-electron chi connectivity index (χ3n) is 6.19. The Morgan fingerprint density at radius 1 is 1.11 bits per heavy atom. The lowest BCUT2D eigenvalue weighted by Gasteiger charge is -2.44. The number of anilines is 1. The standard InChI is InChI=1S/C23H29N3O2.C2HF3O2/c1-26(2)18-9-7-17(8-10-18)16-25-22(27)20-15-23(11-13-24-14-12-23)28-21-6-4-3-5-19(20)21;3-2(4,5)1(6)7/h3-10,20,24H,11-16H2,1-2H3,(H,25,27);(H,6,7). The van der Waals surface area contributed by atoms with E-state index in [1.165, 1.54) is 0 Å². The van der Waals surface area contributed by atoms with E-state index in [-0.39, 0.29) is 17.4 Å². The molecule has 4 rings (SSSR count). The van der Waals surface area contributed by atoms with E-state index in [4.69, 9.17) is 14.6 Å². The summed E-state index contributed by atoms with van der Waals surface area (Å²) in [6, 6.07) is 16.3. The molecule has 0 bridgehead atoms. The van der Waals surface area contributed by atoms with E-state index in [1.807, 2.05) is 38.4 Å². The fourth-order valence-corrected chi connectivity index (χ4v) is 4.27. The zero-order valence-corrected chi connectivity index (χ0v) is 19.7. The molecule has 1 unspecified atom stereocenters. The van der Waals surface area contributed by atoms with Crippen LogP contribution in [0.3, 0.4) is 0 Å². The number of amides is 1. The molecule has 7 nitrogen and oxygen atoms in total. The van der Waals surface area contributed by atoms with Gasteiger partial charge in [0.05, 0.1) is 5.92 Å². The van der Waals surface area contributed by atoms with Gasteiger partial charge in [-0.15, -0.1) is 0 Å². The molecule has 1 atom stereocenters. The number of hydrogen-bond donors (Lipinski definition) is 3. The van der Waals surface area contributed by atoms with Crippen molar-refractivity contribution in [3.8, 4) is 5.75 Å². The maximum atomic E-state index is 13.1. The first-order valence-electron chi connectivity index (χ1n) is 11.3. The topological polar surface area (TPSA) is 90.9 Å². The van der Waals surface area contributed by atoms with Crippen molar-refractivity contribution in [3.05, 3.63) is 59.7 Å². The molecule has 2 heterocycles. The Hall–Kier alpha value is -3.27. The van der Waals surface area contributed by atoms with Gasteiger partial charge in [0.25, 0.3) is 0 Å². The monoisotopic (exact) mass is 493 g/mol. The van der Waals surface area contributed by atoms with Gasteiger partial charge >= 0.3 is 12.1 Å².